The van der Waals surface area contributed by atoms with Gasteiger partial charge in [0.2, 0.25) is 15.9 Å². The lowest BCUT2D eigenvalue weighted by atomic mass is 10.1. The number of nitrogens with zero attached hydrogens (tertiary/aromatic N) is 2. The first-order chi connectivity index (χ1) is 14.2. The topological polar surface area (TPSA) is 69.7 Å². The van der Waals surface area contributed by atoms with Crippen LogP contribution in [0.2, 0.25) is 0 Å². The summed E-state index contributed by atoms with van der Waals surface area (Å²) in [5.74, 6) is -0.0419. The Labute approximate surface area is 179 Å². The quantitative estimate of drug-likeness (QED) is 0.766. The van der Waals surface area contributed by atoms with E-state index in [4.69, 9.17) is 0 Å². The summed E-state index contributed by atoms with van der Waals surface area (Å²) in [6.07, 6.45) is 0. The van der Waals surface area contributed by atoms with Gasteiger partial charge in [-0.1, -0.05) is 42.0 Å². The first kappa shape index (κ1) is 22.5. The Kier molecular flexibility index (Phi) is 6.95. The Morgan fingerprint density at radius 1 is 0.933 bits per heavy atom. The normalized spacial score (nSPS) is 15.9. The number of carbonyl (C=O) groups excluding carboxylic acids is 1. The van der Waals surface area contributed by atoms with E-state index in [-0.39, 0.29) is 12.5 Å². The number of carbonyl (C=O) groups is 1. The van der Waals surface area contributed by atoms with Gasteiger partial charge in [-0.2, -0.15) is 4.31 Å². The fraction of sp³-hybridized carbons (Fsp3) is 0.435. The van der Waals surface area contributed by atoms with Crippen LogP contribution in [0, 0.1) is 27.7 Å². The summed E-state index contributed by atoms with van der Waals surface area (Å²) < 4.78 is 27.9. The minimum absolute atomic E-state index is 0.0419. The molecule has 0 unspecified atom stereocenters. The molecule has 162 valence electrons. The van der Waals surface area contributed by atoms with Gasteiger partial charge < -0.3 is 5.32 Å². The zero-order valence-corrected chi connectivity index (χ0v) is 19.1. The van der Waals surface area contributed by atoms with E-state index in [1.54, 1.807) is 4.31 Å². The molecule has 3 rings (SSSR count). The molecule has 1 N–H and O–H groups in total. The third kappa shape index (κ3) is 5.09. The van der Waals surface area contributed by atoms with Crippen LogP contribution in [0.5, 0.6) is 0 Å². The number of benzene rings is 2. The molecule has 0 spiro atoms. The van der Waals surface area contributed by atoms with Crippen LogP contribution in [0.4, 0.5) is 0 Å². The summed E-state index contributed by atoms with van der Waals surface area (Å²) in [5, 5.41) is 2.96. The Bertz CT molecular complexity index is 1000. The van der Waals surface area contributed by atoms with Crippen molar-refractivity contribution < 1.29 is 13.2 Å². The first-order valence-electron chi connectivity index (χ1n) is 10.3. The van der Waals surface area contributed by atoms with E-state index in [9.17, 15) is 13.2 Å². The van der Waals surface area contributed by atoms with Gasteiger partial charge in [-0.3, -0.25) is 9.69 Å². The second-order valence-corrected chi connectivity index (χ2v) is 9.99. The van der Waals surface area contributed by atoms with Crippen LogP contribution in [0.3, 0.4) is 0 Å². The van der Waals surface area contributed by atoms with E-state index >= 15 is 0 Å². The average Bonchev–Trinajstić information content (AvgIpc) is 2.67. The van der Waals surface area contributed by atoms with Gasteiger partial charge in [-0.15, -0.1) is 0 Å². The second-order valence-electron chi connectivity index (χ2n) is 8.11. The Morgan fingerprint density at radius 2 is 1.53 bits per heavy atom. The maximum atomic E-state index is 13.2. The predicted octanol–water partition coefficient (Wildman–Crippen LogP) is 2.54. The van der Waals surface area contributed by atoms with Gasteiger partial charge in [0, 0.05) is 32.7 Å². The molecule has 1 aliphatic rings. The monoisotopic (exact) mass is 429 g/mol. The Balaban J connectivity index is 1.56. The highest BCUT2D eigenvalue weighted by Gasteiger charge is 2.31. The summed E-state index contributed by atoms with van der Waals surface area (Å²) in [7, 11) is -3.54. The highest BCUT2D eigenvalue weighted by molar-refractivity contribution is 7.89. The molecule has 1 fully saturated rings. The van der Waals surface area contributed by atoms with E-state index in [0.717, 1.165) is 27.8 Å². The number of amides is 1. The van der Waals surface area contributed by atoms with Crippen LogP contribution in [0.25, 0.3) is 0 Å². The van der Waals surface area contributed by atoms with Crippen LogP contribution < -0.4 is 5.32 Å². The minimum atomic E-state index is -3.54. The number of rotatable bonds is 6. The summed E-state index contributed by atoms with van der Waals surface area (Å²) in [6, 6.07) is 11.8. The van der Waals surface area contributed by atoms with E-state index < -0.39 is 10.0 Å². The molecule has 0 saturated carbocycles. The largest absolute Gasteiger partial charge is 0.351 e. The number of nitrogens with one attached hydrogen (secondary N) is 1. The van der Waals surface area contributed by atoms with Crippen LogP contribution >= 0.6 is 0 Å². The molecule has 0 aliphatic carbocycles. The molecule has 6 nitrogen and oxygen atoms in total. The summed E-state index contributed by atoms with van der Waals surface area (Å²) >= 11 is 0. The van der Waals surface area contributed by atoms with Crippen molar-refractivity contribution in [3.05, 3.63) is 64.2 Å². The minimum Gasteiger partial charge on any atom is -0.351 e. The maximum absolute atomic E-state index is 13.2. The molecular formula is C23H31N3O3S. The molecule has 1 heterocycles. The van der Waals surface area contributed by atoms with E-state index in [1.807, 2.05) is 69.0 Å². The van der Waals surface area contributed by atoms with Crippen LogP contribution in [0.15, 0.2) is 41.3 Å². The van der Waals surface area contributed by atoms with Crippen molar-refractivity contribution in [2.75, 3.05) is 32.7 Å². The highest BCUT2D eigenvalue weighted by atomic mass is 32.2. The number of aryl methyl sites for hydroxylation is 4. The molecule has 1 saturated heterocycles. The van der Waals surface area contributed by atoms with Gasteiger partial charge in [-0.05, 0) is 49.9 Å². The van der Waals surface area contributed by atoms with Crippen LogP contribution in [0.1, 0.15) is 27.8 Å². The van der Waals surface area contributed by atoms with E-state index in [1.165, 1.54) is 0 Å². The SMILES string of the molecule is Cc1cc(C)c(S(=O)(=O)N2CCN(CC(=O)NCc3ccccc3C)CC2)c(C)c1. The number of hydrogen-bond acceptors (Lipinski definition) is 4. The van der Waals surface area contributed by atoms with Crippen molar-refractivity contribution in [2.24, 2.45) is 0 Å². The molecule has 0 aromatic heterocycles. The summed E-state index contributed by atoms with van der Waals surface area (Å²) in [6.45, 7) is 10.3. The highest BCUT2D eigenvalue weighted by Crippen LogP contribution is 2.26. The Hall–Kier alpha value is -2.22. The second kappa shape index (κ2) is 9.29. The van der Waals surface area contributed by atoms with Gasteiger partial charge in [-0.25, -0.2) is 8.42 Å². The molecule has 1 amide bonds. The molecule has 0 bridgehead atoms. The van der Waals surface area contributed by atoms with Crippen molar-refractivity contribution in [1.82, 2.24) is 14.5 Å². The summed E-state index contributed by atoms with van der Waals surface area (Å²) in [5.41, 5.74) is 4.88. The molecule has 2 aromatic carbocycles. The van der Waals surface area contributed by atoms with Crippen molar-refractivity contribution in [3.63, 3.8) is 0 Å². The fourth-order valence-electron chi connectivity index (χ4n) is 4.09. The summed E-state index contributed by atoms with van der Waals surface area (Å²) in [4.78, 5) is 14.8. The van der Waals surface area contributed by atoms with Gasteiger partial charge in [0.05, 0.1) is 11.4 Å². The van der Waals surface area contributed by atoms with Crippen molar-refractivity contribution in [1.29, 1.82) is 0 Å². The number of sulfonamides is 1. The third-order valence-corrected chi connectivity index (χ3v) is 7.84. The standard InChI is InChI=1S/C23H31N3O3S/c1-17-13-19(3)23(20(4)14-17)30(28,29)26-11-9-25(10-12-26)16-22(27)24-15-21-8-6-5-7-18(21)2/h5-8,13-14H,9-12,15-16H2,1-4H3,(H,24,27). The van der Waals surface area contributed by atoms with Gasteiger partial charge in [0.15, 0.2) is 0 Å². The lowest BCUT2D eigenvalue weighted by molar-refractivity contribution is -0.122. The van der Waals surface area contributed by atoms with Crippen molar-refractivity contribution in [2.45, 2.75) is 39.1 Å². The van der Waals surface area contributed by atoms with Gasteiger partial charge in [0.25, 0.3) is 0 Å². The zero-order valence-electron chi connectivity index (χ0n) is 18.2. The Morgan fingerprint density at radius 3 is 2.13 bits per heavy atom. The van der Waals surface area contributed by atoms with Crippen molar-refractivity contribution >= 4 is 15.9 Å². The molecule has 2 aromatic rings. The third-order valence-electron chi connectivity index (χ3n) is 5.64. The lowest BCUT2D eigenvalue weighted by Gasteiger charge is -2.34. The molecule has 30 heavy (non-hydrogen) atoms. The predicted molar refractivity (Wildman–Crippen MR) is 119 cm³/mol. The molecule has 0 radical (unpaired) electrons. The average molecular weight is 430 g/mol. The molecule has 7 heteroatoms. The fourth-order valence-corrected chi connectivity index (χ4v) is 5.93. The first-order valence-corrected chi connectivity index (χ1v) is 11.7. The smallest absolute Gasteiger partial charge is 0.243 e. The number of piperazine rings is 1. The van der Waals surface area contributed by atoms with E-state index in [0.29, 0.717) is 37.6 Å². The van der Waals surface area contributed by atoms with Crippen molar-refractivity contribution in [3.8, 4) is 0 Å². The van der Waals surface area contributed by atoms with Crippen LogP contribution in [-0.2, 0) is 21.4 Å². The van der Waals surface area contributed by atoms with Gasteiger partial charge in [0.1, 0.15) is 0 Å². The zero-order chi connectivity index (χ0) is 21.9. The maximum Gasteiger partial charge on any atom is 0.243 e. The lowest BCUT2D eigenvalue weighted by Crippen LogP contribution is -2.51. The molecule has 1 aliphatic heterocycles. The molecule has 0 atom stereocenters. The van der Waals surface area contributed by atoms with E-state index in [2.05, 4.69) is 5.32 Å². The van der Waals surface area contributed by atoms with Crippen LogP contribution in [-0.4, -0.2) is 56.3 Å². The van der Waals surface area contributed by atoms with Gasteiger partial charge >= 0.3 is 0 Å². The number of hydrogen-bond donors (Lipinski definition) is 1. The molecular weight excluding hydrogens is 398 g/mol.